The van der Waals surface area contributed by atoms with E-state index in [0.717, 1.165) is 31.5 Å². The standard InChI is InChI=1S/C19H32N4/c1-5-23-12-11-16(14-23)13-21-18(20-4)22-15-19(2,3)17-9-7-6-8-10-17/h6-10,16H,5,11-15H2,1-4H3,(H2,20,21,22). The van der Waals surface area contributed by atoms with Gasteiger partial charge < -0.3 is 15.5 Å². The van der Waals surface area contributed by atoms with E-state index in [1.165, 1.54) is 25.1 Å². The molecule has 0 radical (unpaired) electrons. The minimum Gasteiger partial charge on any atom is -0.356 e. The van der Waals surface area contributed by atoms with Crippen molar-refractivity contribution in [1.82, 2.24) is 15.5 Å². The first-order valence-corrected chi connectivity index (χ1v) is 8.77. The topological polar surface area (TPSA) is 39.7 Å². The van der Waals surface area contributed by atoms with Crippen LogP contribution in [0.3, 0.4) is 0 Å². The minimum absolute atomic E-state index is 0.0747. The molecule has 0 bridgehead atoms. The summed E-state index contributed by atoms with van der Waals surface area (Å²) in [6.07, 6.45) is 1.29. The zero-order valence-corrected chi connectivity index (χ0v) is 15.1. The highest BCUT2D eigenvalue weighted by molar-refractivity contribution is 5.79. The number of aliphatic imine (C=N–C) groups is 1. The van der Waals surface area contributed by atoms with Gasteiger partial charge >= 0.3 is 0 Å². The molecule has 2 rings (SSSR count). The van der Waals surface area contributed by atoms with Crippen LogP contribution in [0.25, 0.3) is 0 Å². The Morgan fingerprint density at radius 3 is 2.61 bits per heavy atom. The predicted octanol–water partition coefficient (Wildman–Crippen LogP) is 2.47. The molecule has 0 saturated carbocycles. The van der Waals surface area contributed by atoms with Gasteiger partial charge in [-0.1, -0.05) is 51.1 Å². The minimum atomic E-state index is 0.0747. The van der Waals surface area contributed by atoms with E-state index in [-0.39, 0.29) is 5.41 Å². The molecule has 128 valence electrons. The lowest BCUT2D eigenvalue weighted by atomic mass is 9.85. The van der Waals surface area contributed by atoms with E-state index >= 15 is 0 Å². The number of nitrogens with one attached hydrogen (secondary N) is 2. The van der Waals surface area contributed by atoms with Crippen molar-refractivity contribution in [3.8, 4) is 0 Å². The SMILES string of the molecule is CCN1CCC(CNC(=NC)NCC(C)(C)c2ccccc2)C1. The zero-order chi connectivity index (χ0) is 16.7. The van der Waals surface area contributed by atoms with Crippen LogP contribution in [0.4, 0.5) is 0 Å². The third-order valence-electron chi connectivity index (χ3n) is 4.85. The van der Waals surface area contributed by atoms with E-state index in [0.29, 0.717) is 0 Å². The molecule has 0 spiro atoms. The van der Waals surface area contributed by atoms with Crippen molar-refractivity contribution in [3.63, 3.8) is 0 Å². The highest BCUT2D eigenvalue weighted by atomic mass is 15.2. The third kappa shape index (κ3) is 5.24. The van der Waals surface area contributed by atoms with E-state index in [4.69, 9.17) is 0 Å². The molecule has 1 unspecified atom stereocenters. The van der Waals surface area contributed by atoms with Gasteiger partial charge in [-0.25, -0.2) is 0 Å². The maximum Gasteiger partial charge on any atom is 0.191 e. The van der Waals surface area contributed by atoms with Crippen LogP contribution in [0.15, 0.2) is 35.3 Å². The second-order valence-corrected chi connectivity index (χ2v) is 7.10. The molecule has 4 heteroatoms. The molecule has 0 aliphatic carbocycles. The molecule has 1 aromatic carbocycles. The molecule has 1 saturated heterocycles. The number of rotatable bonds is 6. The molecule has 0 amide bonds. The quantitative estimate of drug-likeness (QED) is 0.626. The molecule has 1 aliphatic rings. The largest absolute Gasteiger partial charge is 0.356 e. The summed E-state index contributed by atoms with van der Waals surface area (Å²) in [5, 5.41) is 6.97. The maximum atomic E-state index is 4.37. The fraction of sp³-hybridized carbons (Fsp3) is 0.632. The summed E-state index contributed by atoms with van der Waals surface area (Å²) >= 11 is 0. The molecule has 1 aliphatic heterocycles. The van der Waals surface area contributed by atoms with Gasteiger partial charge in [-0.15, -0.1) is 0 Å². The van der Waals surface area contributed by atoms with Crippen LogP contribution in [0.2, 0.25) is 0 Å². The van der Waals surface area contributed by atoms with Crippen LogP contribution >= 0.6 is 0 Å². The number of benzene rings is 1. The summed E-state index contributed by atoms with van der Waals surface area (Å²) in [5.41, 5.74) is 1.42. The summed E-state index contributed by atoms with van der Waals surface area (Å²) < 4.78 is 0. The van der Waals surface area contributed by atoms with Gasteiger partial charge in [0, 0.05) is 32.1 Å². The van der Waals surface area contributed by atoms with Crippen molar-refractivity contribution in [2.45, 2.75) is 32.6 Å². The summed E-state index contributed by atoms with van der Waals surface area (Å²) in [6, 6.07) is 10.6. The molecule has 2 N–H and O–H groups in total. The van der Waals surface area contributed by atoms with Crippen molar-refractivity contribution in [3.05, 3.63) is 35.9 Å². The first-order valence-electron chi connectivity index (χ1n) is 8.77. The van der Waals surface area contributed by atoms with Gasteiger partial charge in [-0.2, -0.15) is 0 Å². The van der Waals surface area contributed by atoms with Crippen molar-refractivity contribution < 1.29 is 0 Å². The van der Waals surface area contributed by atoms with E-state index < -0.39 is 0 Å². The van der Waals surface area contributed by atoms with E-state index in [1.807, 2.05) is 7.05 Å². The fourth-order valence-electron chi connectivity index (χ4n) is 3.12. The number of hydrogen-bond donors (Lipinski definition) is 2. The summed E-state index contributed by atoms with van der Waals surface area (Å²) in [6.45, 7) is 12.2. The summed E-state index contributed by atoms with van der Waals surface area (Å²) in [4.78, 5) is 6.88. The Kier molecular flexibility index (Phi) is 6.46. The highest BCUT2D eigenvalue weighted by Crippen LogP contribution is 2.21. The van der Waals surface area contributed by atoms with Crippen molar-refractivity contribution in [2.24, 2.45) is 10.9 Å². The van der Waals surface area contributed by atoms with Gasteiger partial charge in [-0.3, -0.25) is 4.99 Å². The van der Waals surface area contributed by atoms with Crippen molar-refractivity contribution in [1.29, 1.82) is 0 Å². The second-order valence-electron chi connectivity index (χ2n) is 7.10. The van der Waals surface area contributed by atoms with Gasteiger partial charge in [0.15, 0.2) is 5.96 Å². The number of hydrogen-bond acceptors (Lipinski definition) is 2. The Bertz CT molecular complexity index is 495. The predicted molar refractivity (Wildman–Crippen MR) is 99.1 cm³/mol. The number of likely N-dealkylation sites (tertiary alicyclic amines) is 1. The van der Waals surface area contributed by atoms with E-state index in [2.05, 4.69) is 71.6 Å². The molecule has 1 atom stereocenters. The van der Waals surface area contributed by atoms with Crippen LogP contribution in [0, 0.1) is 5.92 Å². The molecule has 1 heterocycles. The lowest BCUT2D eigenvalue weighted by Gasteiger charge is -2.27. The van der Waals surface area contributed by atoms with Gasteiger partial charge in [0.1, 0.15) is 0 Å². The van der Waals surface area contributed by atoms with E-state index in [9.17, 15) is 0 Å². The van der Waals surface area contributed by atoms with Gasteiger partial charge in [-0.05, 0) is 31.0 Å². The first-order chi connectivity index (χ1) is 11.0. The Hall–Kier alpha value is -1.55. The highest BCUT2D eigenvalue weighted by Gasteiger charge is 2.22. The van der Waals surface area contributed by atoms with Gasteiger partial charge in [0.05, 0.1) is 0 Å². The molecule has 1 fully saturated rings. The van der Waals surface area contributed by atoms with Gasteiger partial charge in [0.25, 0.3) is 0 Å². The Morgan fingerprint density at radius 2 is 2.00 bits per heavy atom. The smallest absolute Gasteiger partial charge is 0.191 e. The zero-order valence-electron chi connectivity index (χ0n) is 15.1. The van der Waals surface area contributed by atoms with Crippen molar-refractivity contribution >= 4 is 5.96 Å². The molecular formula is C19H32N4. The second kappa shape index (κ2) is 8.34. The molecule has 23 heavy (non-hydrogen) atoms. The van der Waals surface area contributed by atoms with Gasteiger partial charge in [0.2, 0.25) is 0 Å². The third-order valence-corrected chi connectivity index (χ3v) is 4.85. The normalized spacial score (nSPS) is 19.8. The number of nitrogens with zero attached hydrogens (tertiary/aromatic N) is 2. The van der Waals surface area contributed by atoms with Crippen molar-refractivity contribution in [2.75, 3.05) is 39.8 Å². The van der Waals surface area contributed by atoms with Crippen LogP contribution in [-0.4, -0.2) is 50.6 Å². The molecule has 1 aromatic rings. The average molecular weight is 316 g/mol. The fourth-order valence-corrected chi connectivity index (χ4v) is 3.12. The van der Waals surface area contributed by atoms with Crippen LogP contribution in [0.5, 0.6) is 0 Å². The Morgan fingerprint density at radius 1 is 1.26 bits per heavy atom. The van der Waals surface area contributed by atoms with Crippen LogP contribution in [-0.2, 0) is 5.41 Å². The van der Waals surface area contributed by atoms with Crippen LogP contribution in [0.1, 0.15) is 32.8 Å². The first kappa shape index (κ1) is 17.8. The lowest BCUT2D eigenvalue weighted by Crippen LogP contribution is -2.45. The average Bonchev–Trinajstić information content (AvgIpc) is 3.04. The van der Waals surface area contributed by atoms with Crippen LogP contribution < -0.4 is 10.6 Å². The Labute approximate surface area is 141 Å². The Balaban J connectivity index is 1.79. The number of guanidine groups is 1. The summed E-state index contributed by atoms with van der Waals surface area (Å²) in [7, 11) is 1.85. The van der Waals surface area contributed by atoms with E-state index in [1.54, 1.807) is 0 Å². The molecule has 0 aromatic heterocycles. The summed E-state index contributed by atoms with van der Waals surface area (Å²) in [5.74, 6) is 1.64. The maximum absolute atomic E-state index is 4.37. The molecular weight excluding hydrogens is 284 g/mol. The lowest BCUT2D eigenvalue weighted by molar-refractivity contribution is 0.341. The molecule has 4 nitrogen and oxygen atoms in total. The monoisotopic (exact) mass is 316 g/mol.